The fraction of sp³-hybridized carbons (Fsp3) is 0.417. The fourth-order valence-electron chi connectivity index (χ4n) is 1.50. The number of hydrogen-bond acceptors (Lipinski definition) is 2. The lowest BCUT2D eigenvalue weighted by atomic mass is 10.1. The molecule has 86 valence electrons. The number of anilines is 1. The Morgan fingerprint density at radius 2 is 2.25 bits per heavy atom. The Morgan fingerprint density at radius 3 is 2.88 bits per heavy atom. The van der Waals surface area contributed by atoms with Crippen molar-refractivity contribution in [1.82, 2.24) is 5.32 Å². The Bertz CT molecular complexity index is 427. The molecular weight excluding hydrogens is 207 g/mol. The van der Waals surface area contributed by atoms with Gasteiger partial charge in [0, 0.05) is 12.2 Å². The fourth-order valence-corrected chi connectivity index (χ4v) is 1.50. The van der Waals surface area contributed by atoms with E-state index in [9.17, 15) is 9.18 Å². The zero-order valence-corrected chi connectivity index (χ0v) is 9.22. The zero-order chi connectivity index (χ0) is 11.8. The van der Waals surface area contributed by atoms with Gasteiger partial charge in [0.2, 0.25) is 0 Å². The van der Waals surface area contributed by atoms with Crippen molar-refractivity contribution in [3.8, 4) is 0 Å². The topological polar surface area (TPSA) is 55.1 Å². The van der Waals surface area contributed by atoms with Gasteiger partial charge in [0.05, 0.1) is 5.56 Å². The SMILES string of the molecule is CC1(CNC(=O)c2cc(N)ccc2F)CC1. The number of benzene rings is 1. The second kappa shape index (κ2) is 3.77. The Kier molecular flexibility index (Phi) is 2.58. The van der Waals surface area contributed by atoms with Crippen molar-refractivity contribution in [1.29, 1.82) is 0 Å². The molecule has 1 aliphatic rings. The van der Waals surface area contributed by atoms with Crippen molar-refractivity contribution in [2.24, 2.45) is 5.41 Å². The van der Waals surface area contributed by atoms with Crippen LogP contribution in [0.4, 0.5) is 10.1 Å². The monoisotopic (exact) mass is 222 g/mol. The van der Waals surface area contributed by atoms with Gasteiger partial charge in [-0.2, -0.15) is 0 Å². The van der Waals surface area contributed by atoms with Crippen LogP contribution in [-0.2, 0) is 0 Å². The molecule has 2 rings (SSSR count). The summed E-state index contributed by atoms with van der Waals surface area (Å²) in [5.74, 6) is -0.925. The number of rotatable bonds is 3. The molecule has 1 amide bonds. The number of nitrogens with one attached hydrogen (secondary N) is 1. The average Bonchev–Trinajstić information content (AvgIpc) is 2.97. The third kappa shape index (κ3) is 2.32. The molecule has 3 nitrogen and oxygen atoms in total. The number of amides is 1. The molecule has 3 N–H and O–H groups in total. The maximum Gasteiger partial charge on any atom is 0.254 e. The van der Waals surface area contributed by atoms with Crippen LogP contribution in [0.1, 0.15) is 30.1 Å². The number of halogens is 1. The summed E-state index contributed by atoms with van der Waals surface area (Å²) in [6.45, 7) is 2.70. The van der Waals surface area contributed by atoms with Crippen molar-refractivity contribution < 1.29 is 9.18 Å². The Labute approximate surface area is 93.8 Å². The molecule has 1 aliphatic carbocycles. The molecule has 0 spiro atoms. The molecule has 0 saturated heterocycles. The first-order chi connectivity index (χ1) is 7.50. The van der Waals surface area contributed by atoms with Gasteiger partial charge < -0.3 is 11.1 Å². The molecule has 4 heteroatoms. The normalized spacial score (nSPS) is 16.9. The predicted octanol–water partition coefficient (Wildman–Crippen LogP) is 1.94. The average molecular weight is 222 g/mol. The van der Waals surface area contributed by atoms with Crippen LogP contribution in [0.25, 0.3) is 0 Å². The smallest absolute Gasteiger partial charge is 0.254 e. The van der Waals surface area contributed by atoms with Gasteiger partial charge >= 0.3 is 0 Å². The van der Waals surface area contributed by atoms with E-state index in [2.05, 4.69) is 12.2 Å². The van der Waals surface area contributed by atoms with Crippen LogP contribution < -0.4 is 11.1 Å². The molecule has 1 aromatic carbocycles. The van der Waals surface area contributed by atoms with Crippen LogP contribution in [0, 0.1) is 11.2 Å². The van der Waals surface area contributed by atoms with E-state index in [-0.39, 0.29) is 11.0 Å². The first-order valence-electron chi connectivity index (χ1n) is 5.33. The maximum atomic E-state index is 13.3. The van der Waals surface area contributed by atoms with Crippen LogP contribution in [0.3, 0.4) is 0 Å². The summed E-state index contributed by atoms with van der Waals surface area (Å²) >= 11 is 0. The summed E-state index contributed by atoms with van der Waals surface area (Å²) < 4.78 is 13.3. The van der Waals surface area contributed by atoms with E-state index in [1.807, 2.05) is 0 Å². The number of hydrogen-bond donors (Lipinski definition) is 2. The van der Waals surface area contributed by atoms with Crippen LogP contribution in [-0.4, -0.2) is 12.5 Å². The van der Waals surface area contributed by atoms with Crippen molar-refractivity contribution in [3.05, 3.63) is 29.6 Å². The lowest BCUT2D eigenvalue weighted by Crippen LogP contribution is -2.29. The predicted molar refractivity (Wildman–Crippen MR) is 60.5 cm³/mol. The lowest BCUT2D eigenvalue weighted by molar-refractivity contribution is 0.0942. The molecular formula is C12H15FN2O. The van der Waals surface area contributed by atoms with Gasteiger partial charge in [0.1, 0.15) is 5.82 Å². The summed E-state index contributed by atoms with van der Waals surface area (Å²) in [5.41, 5.74) is 6.14. The highest BCUT2D eigenvalue weighted by Gasteiger charge is 2.37. The zero-order valence-electron chi connectivity index (χ0n) is 9.22. The van der Waals surface area contributed by atoms with Crippen LogP contribution in [0.5, 0.6) is 0 Å². The Hall–Kier alpha value is -1.58. The molecule has 1 aromatic rings. The van der Waals surface area contributed by atoms with Gasteiger partial charge in [-0.15, -0.1) is 0 Å². The molecule has 0 heterocycles. The standard InChI is InChI=1S/C12H15FN2O/c1-12(4-5-12)7-15-11(16)9-6-8(14)2-3-10(9)13/h2-3,6H,4-5,7,14H2,1H3,(H,15,16). The van der Waals surface area contributed by atoms with E-state index in [1.165, 1.54) is 18.2 Å². The van der Waals surface area contributed by atoms with Gasteiger partial charge in [-0.05, 0) is 36.5 Å². The number of carbonyl (C=O) groups excluding carboxylic acids is 1. The van der Waals surface area contributed by atoms with Crippen molar-refractivity contribution in [2.45, 2.75) is 19.8 Å². The molecule has 1 saturated carbocycles. The summed E-state index contributed by atoms with van der Waals surface area (Å²) in [5, 5.41) is 2.73. The minimum atomic E-state index is -0.535. The largest absolute Gasteiger partial charge is 0.399 e. The number of nitrogen functional groups attached to an aromatic ring is 1. The van der Waals surface area contributed by atoms with Crippen LogP contribution in [0.15, 0.2) is 18.2 Å². The van der Waals surface area contributed by atoms with E-state index >= 15 is 0 Å². The number of nitrogens with two attached hydrogens (primary N) is 1. The van der Waals surface area contributed by atoms with E-state index < -0.39 is 11.7 Å². The summed E-state index contributed by atoms with van der Waals surface area (Å²) in [7, 11) is 0. The molecule has 0 atom stereocenters. The highest BCUT2D eigenvalue weighted by Crippen LogP contribution is 2.44. The molecule has 0 bridgehead atoms. The third-order valence-corrected chi connectivity index (χ3v) is 3.01. The first-order valence-corrected chi connectivity index (χ1v) is 5.33. The number of carbonyl (C=O) groups is 1. The highest BCUT2D eigenvalue weighted by molar-refractivity contribution is 5.95. The molecule has 0 radical (unpaired) electrons. The van der Waals surface area contributed by atoms with E-state index in [4.69, 9.17) is 5.73 Å². The summed E-state index contributed by atoms with van der Waals surface area (Å²) in [6, 6.07) is 4.01. The van der Waals surface area contributed by atoms with E-state index in [0.717, 1.165) is 12.8 Å². The highest BCUT2D eigenvalue weighted by atomic mass is 19.1. The third-order valence-electron chi connectivity index (χ3n) is 3.01. The molecule has 1 fully saturated rings. The van der Waals surface area contributed by atoms with Gasteiger partial charge in [0.25, 0.3) is 5.91 Å². The van der Waals surface area contributed by atoms with Gasteiger partial charge in [-0.25, -0.2) is 4.39 Å². The van der Waals surface area contributed by atoms with Gasteiger partial charge in [-0.3, -0.25) is 4.79 Å². The van der Waals surface area contributed by atoms with Gasteiger partial charge in [0.15, 0.2) is 0 Å². The maximum absolute atomic E-state index is 13.3. The quantitative estimate of drug-likeness (QED) is 0.768. The second-order valence-corrected chi connectivity index (χ2v) is 4.73. The van der Waals surface area contributed by atoms with E-state index in [0.29, 0.717) is 12.2 Å². The van der Waals surface area contributed by atoms with Crippen molar-refractivity contribution >= 4 is 11.6 Å². The minimum absolute atomic E-state index is 0.0178. The first kappa shape index (κ1) is 10.9. The van der Waals surface area contributed by atoms with Crippen molar-refractivity contribution in [2.75, 3.05) is 12.3 Å². The molecule has 0 unspecified atom stereocenters. The van der Waals surface area contributed by atoms with Crippen LogP contribution in [0.2, 0.25) is 0 Å². The lowest BCUT2D eigenvalue weighted by Gasteiger charge is -2.10. The molecule has 0 aliphatic heterocycles. The molecule has 16 heavy (non-hydrogen) atoms. The van der Waals surface area contributed by atoms with Crippen LogP contribution >= 0.6 is 0 Å². The Morgan fingerprint density at radius 1 is 1.56 bits per heavy atom. The summed E-state index contributed by atoms with van der Waals surface area (Å²) in [6.07, 6.45) is 2.24. The van der Waals surface area contributed by atoms with Crippen molar-refractivity contribution in [3.63, 3.8) is 0 Å². The minimum Gasteiger partial charge on any atom is -0.399 e. The Balaban J connectivity index is 2.05. The van der Waals surface area contributed by atoms with Gasteiger partial charge in [-0.1, -0.05) is 6.92 Å². The second-order valence-electron chi connectivity index (χ2n) is 4.73. The van der Waals surface area contributed by atoms with E-state index in [1.54, 1.807) is 0 Å². The summed E-state index contributed by atoms with van der Waals surface area (Å²) in [4.78, 5) is 11.7. The molecule has 0 aromatic heterocycles.